The molecule has 2 aromatic rings. The lowest BCUT2D eigenvalue weighted by molar-refractivity contribution is 0.344. The van der Waals surface area contributed by atoms with Gasteiger partial charge in [-0.05, 0) is 12.5 Å². The Labute approximate surface area is 116 Å². The summed E-state index contributed by atoms with van der Waals surface area (Å²) in [7, 11) is 0. The van der Waals surface area contributed by atoms with Gasteiger partial charge in [0.25, 0.3) is 0 Å². The van der Waals surface area contributed by atoms with Crippen molar-refractivity contribution in [3.05, 3.63) is 64.1 Å². The summed E-state index contributed by atoms with van der Waals surface area (Å²) >= 11 is 1.78. The molecule has 0 fully saturated rings. The first kappa shape index (κ1) is 11.0. The lowest BCUT2D eigenvalue weighted by atomic mass is 10.0. The lowest BCUT2D eigenvalue weighted by Gasteiger charge is -2.04. The summed E-state index contributed by atoms with van der Waals surface area (Å²) in [6.07, 6.45) is 9.58. The molecule has 19 heavy (non-hydrogen) atoms. The van der Waals surface area contributed by atoms with Gasteiger partial charge in [0.05, 0.1) is 5.92 Å². The van der Waals surface area contributed by atoms with E-state index in [4.69, 9.17) is 4.74 Å². The summed E-state index contributed by atoms with van der Waals surface area (Å²) in [5, 5.41) is 1.12. The van der Waals surface area contributed by atoms with Crippen molar-refractivity contribution in [2.24, 2.45) is 0 Å². The lowest BCUT2D eigenvalue weighted by Crippen LogP contribution is -1.99. The summed E-state index contributed by atoms with van der Waals surface area (Å²) in [4.78, 5) is 5.85. The largest absolute Gasteiger partial charge is 0.492 e. The zero-order chi connectivity index (χ0) is 12.7. The number of rotatable bonds is 2. The van der Waals surface area contributed by atoms with Crippen LogP contribution >= 0.6 is 11.3 Å². The van der Waals surface area contributed by atoms with Gasteiger partial charge in [0.15, 0.2) is 0 Å². The second-order valence-corrected chi connectivity index (χ2v) is 5.83. The zero-order valence-corrected chi connectivity index (χ0v) is 11.2. The van der Waals surface area contributed by atoms with Crippen molar-refractivity contribution in [3.63, 3.8) is 0 Å². The molecule has 1 unspecified atom stereocenters. The molecule has 1 aliphatic carbocycles. The second-order valence-electron chi connectivity index (χ2n) is 4.77. The highest BCUT2D eigenvalue weighted by Gasteiger charge is 2.27. The van der Waals surface area contributed by atoms with E-state index in [0.717, 1.165) is 23.8 Å². The normalized spacial score (nSPS) is 20.2. The van der Waals surface area contributed by atoms with Crippen LogP contribution in [-0.2, 0) is 0 Å². The number of benzene rings is 1. The molecule has 0 spiro atoms. The average molecular weight is 267 g/mol. The third kappa shape index (κ3) is 1.81. The van der Waals surface area contributed by atoms with Crippen LogP contribution in [0.3, 0.4) is 0 Å². The molecule has 0 amide bonds. The third-order valence-corrected chi connectivity index (χ3v) is 4.75. The highest BCUT2D eigenvalue weighted by Crippen LogP contribution is 2.40. The molecule has 2 nitrogen and oxygen atoms in total. The molecule has 0 saturated carbocycles. The van der Waals surface area contributed by atoms with Gasteiger partial charge in [0.2, 0.25) is 0 Å². The molecule has 2 aliphatic rings. The van der Waals surface area contributed by atoms with E-state index >= 15 is 0 Å². The molecule has 94 valence electrons. The molecule has 2 heterocycles. The van der Waals surface area contributed by atoms with Crippen LogP contribution in [0.25, 0.3) is 5.57 Å². The standard InChI is InChI=1S/C16H13NOS/c1-2-6-11(5-1)16-17-9-15(19-16)13-10-18-14-8-4-3-7-12(13)14/h1,3-9,13H,2,10H2. The topological polar surface area (TPSA) is 22.1 Å². The molecule has 4 rings (SSSR count). The van der Waals surface area contributed by atoms with Crippen LogP contribution in [0.4, 0.5) is 0 Å². The van der Waals surface area contributed by atoms with Crippen LogP contribution in [-0.4, -0.2) is 11.6 Å². The maximum absolute atomic E-state index is 5.75. The van der Waals surface area contributed by atoms with Crippen molar-refractivity contribution in [2.45, 2.75) is 12.3 Å². The van der Waals surface area contributed by atoms with Gasteiger partial charge >= 0.3 is 0 Å². The summed E-state index contributed by atoms with van der Waals surface area (Å²) < 4.78 is 5.75. The van der Waals surface area contributed by atoms with Crippen molar-refractivity contribution in [3.8, 4) is 5.75 Å². The number of aromatic nitrogens is 1. The molecule has 0 N–H and O–H groups in total. The van der Waals surface area contributed by atoms with Gasteiger partial charge < -0.3 is 4.74 Å². The van der Waals surface area contributed by atoms with E-state index < -0.39 is 0 Å². The summed E-state index contributed by atoms with van der Waals surface area (Å²) in [5.74, 6) is 1.36. The number of ether oxygens (including phenoxy) is 1. The first-order valence-corrected chi connectivity index (χ1v) is 7.28. The van der Waals surface area contributed by atoms with E-state index in [0.29, 0.717) is 5.92 Å². The molecule has 0 saturated heterocycles. The Morgan fingerprint density at radius 2 is 2.21 bits per heavy atom. The molecule has 1 atom stereocenters. The van der Waals surface area contributed by atoms with Crippen LogP contribution < -0.4 is 4.74 Å². The number of thiazole rings is 1. The van der Waals surface area contributed by atoms with Gasteiger partial charge in [-0.1, -0.05) is 36.4 Å². The maximum atomic E-state index is 5.75. The molecular weight excluding hydrogens is 254 g/mol. The molecule has 3 heteroatoms. The minimum absolute atomic E-state index is 0.341. The summed E-state index contributed by atoms with van der Waals surface area (Å²) in [6.45, 7) is 0.732. The van der Waals surface area contributed by atoms with Crippen molar-refractivity contribution >= 4 is 16.9 Å². The zero-order valence-electron chi connectivity index (χ0n) is 10.4. The summed E-state index contributed by atoms with van der Waals surface area (Å²) in [6, 6.07) is 8.29. The Morgan fingerprint density at radius 1 is 1.26 bits per heavy atom. The molecular formula is C16H13NOS. The molecule has 0 bridgehead atoms. The van der Waals surface area contributed by atoms with E-state index in [1.54, 1.807) is 11.3 Å². The van der Waals surface area contributed by atoms with Crippen LogP contribution in [0.1, 0.15) is 27.8 Å². The first-order valence-electron chi connectivity index (χ1n) is 6.46. The molecule has 1 aliphatic heterocycles. The highest BCUT2D eigenvalue weighted by atomic mass is 32.1. The highest BCUT2D eigenvalue weighted by molar-refractivity contribution is 7.12. The Kier molecular flexibility index (Phi) is 2.52. The van der Waals surface area contributed by atoms with Crippen LogP contribution in [0, 0.1) is 0 Å². The number of nitrogens with zero attached hydrogens (tertiary/aromatic N) is 1. The SMILES string of the molecule is C1=CC(c2ncc(C3COc4ccccc43)s2)=CC1. The first-order chi connectivity index (χ1) is 9.42. The summed E-state index contributed by atoms with van der Waals surface area (Å²) in [5.41, 5.74) is 2.54. The average Bonchev–Trinajstić information content (AvgIpc) is 3.18. The number of allylic oxidation sites excluding steroid dienone is 4. The van der Waals surface area contributed by atoms with Crippen LogP contribution in [0.5, 0.6) is 5.75 Å². The Hall–Kier alpha value is -1.87. The van der Waals surface area contributed by atoms with E-state index in [1.807, 2.05) is 18.3 Å². The fourth-order valence-electron chi connectivity index (χ4n) is 2.60. The van der Waals surface area contributed by atoms with Gasteiger partial charge in [-0.15, -0.1) is 11.3 Å². The fourth-order valence-corrected chi connectivity index (χ4v) is 3.64. The van der Waals surface area contributed by atoms with Crippen LogP contribution in [0.2, 0.25) is 0 Å². The van der Waals surface area contributed by atoms with Crippen molar-refractivity contribution in [2.75, 3.05) is 6.61 Å². The molecule has 0 radical (unpaired) electrons. The molecule has 1 aromatic heterocycles. The van der Waals surface area contributed by atoms with Gasteiger partial charge in [0.1, 0.15) is 17.4 Å². The maximum Gasteiger partial charge on any atom is 0.123 e. The van der Waals surface area contributed by atoms with Gasteiger partial charge in [0, 0.05) is 22.2 Å². The molecule has 1 aromatic carbocycles. The third-order valence-electron chi connectivity index (χ3n) is 3.59. The number of hydrogen-bond acceptors (Lipinski definition) is 3. The van der Waals surface area contributed by atoms with Crippen molar-refractivity contribution < 1.29 is 4.74 Å². The Balaban J connectivity index is 1.69. The van der Waals surface area contributed by atoms with Gasteiger partial charge in [-0.25, -0.2) is 4.98 Å². The van der Waals surface area contributed by atoms with Gasteiger partial charge in [-0.3, -0.25) is 0 Å². The Bertz CT molecular complexity index is 684. The van der Waals surface area contributed by atoms with Crippen LogP contribution in [0.15, 0.2) is 48.7 Å². The number of hydrogen-bond donors (Lipinski definition) is 0. The predicted molar refractivity (Wildman–Crippen MR) is 77.6 cm³/mol. The number of fused-ring (bicyclic) bond motifs is 1. The second kappa shape index (κ2) is 4.35. The minimum Gasteiger partial charge on any atom is -0.492 e. The smallest absolute Gasteiger partial charge is 0.123 e. The van der Waals surface area contributed by atoms with E-state index in [2.05, 4.69) is 35.3 Å². The van der Waals surface area contributed by atoms with Crippen molar-refractivity contribution in [1.82, 2.24) is 4.98 Å². The minimum atomic E-state index is 0.341. The fraction of sp³-hybridized carbons (Fsp3) is 0.188. The monoisotopic (exact) mass is 267 g/mol. The van der Waals surface area contributed by atoms with Crippen molar-refractivity contribution in [1.29, 1.82) is 0 Å². The van der Waals surface area contributed by atoms with E-state index in [1.165, 1.54) is 16.0 Å². The predicted octanol–water partition coefficient (Wildman–Crippen LogP) is 4.01. The number of para-hydroxylation sites is 1. The van der Waals surface area contributed by atoms with E-state index in [-0.39, 0.29) is 0 Å². The quantitative estimate of drug-likeness (QED) is 0.820. The Morgan fingerprint density at radius 3 is 3.11 bits per heavy atom. The van der Waals surface area contributed by atoms with E-state index in [9.17, 15) is 0 Å². The van der Waals surface area contributed by atoms with Gasteiger partial charge in [-0.2, -0.15) is 0 Å².